The average Bonchev–Trinajstić information content (AvgIpc) is 2.34. The van der Waals surface area contributed by atoms with E-state index < -0.39 is 0 Å². The van der Waals surface area contributed by atoms with Gasteiger partial charge in [0, 0.05) is 5.02 Å². The lowest BCUT2D eigenvalue weighted by atomic mass is 9.92. The van der Waals surface area contributed by atoms with Crippen LogP contribution in [-0.2, 0) is 6.42 Å². The lowest BCUT2D eigenvalue weighted by molar-refractivity contribution is 0.422. The number of unbranched alkanes of at least 4 members (excludes halogenated alkanes) is 1. The SMILES string of the molecule is CCCCC(CC)CCc1cccc(C)c1Cl. The molecule has 0 aliphatic carbocycles. The maximum atomic E-state index is 6.32. The first-order chi connectivity index (χ1) is 8.19. The van der Waals surface area contributed by atoms with E-state index in [4.69, 9.17) is 11.6 Å². The van der Waals surface area contributed by atoms with Crippen LogP contribution >= 0.6 is 11.6 Å². The smallest absolute Gasteiger partial charge is 0.0467 e. The van der Waals surface area contributed by atoms with Gasteiger partial charge in [-0.3, -0.25) is 0 Å². The maximum absolute atomic E-state index is 6.32. The van der Waals surface area contributed by atoms with Crippen molar-refractivity contribution in [1.82, 2.24) is 0 Å². The fraction of sp³-hybridized carbons (Fsp3) is 0.625. The molecule has 0 aromatic heterocycles. The van der Waals surface area contributed by atoms with Gasteiger partial charge in [0.2, 0.25) is 0 Å². The molecule has 0 spiro atoms. The van der Waals surface area contributed by atoms with Crippen molar-refractivity contribution in [1.29, 1.82) is 0 Å². The molecule has 1 atom stereocenters. The van der Waals surface area contributed by atoms with Crippen LogP contribution in [0.4, 0.5) is 0 Å². The van der Waals surface area contributed by atoms with E-state index in [1.807, 2.05) is 0 Å². The van der Waals surface area contributed by atoms with E-state index in [2.05, 4.69) is 39.0 Å². The third-order valence-electron chi connectivity index (χ3n) is 3.64. The largest absolute Gasteiger partial charge is 0.0838 e. The van der Waals surface area contributed by atoms with Gasteiger partial charge in [-0.05, 0) is 36.8 Å². The third-order valence-corrected chi connectivity index (χ3v) is 4.18. The summed E-state index contributed by atoms with van der Waals surface area (Å²) >= 11 is 6.32. The van der Waals surface area contributed by atoms with E-state index in [1.54, 1.807) is 0 Å². The van der Waals surface area contributed by atoms with Crippen LogP contribution in [0.5, 0.6) is 0 Å². The van der Waals surface area contributed by atoms with Crippen molar-refractivity contribution in [2.75, 3.05) is 0 Å². The summed E-state index contributed by atoms with van der Waals surface area (Å²) in [7, 11) is 0. The predicted molar refractivity (Wildman–Crippen MR) is 77.8 cm³/mol. The molecule has 0 aliphatic heterocycles. The van der Waals surface area contributed by atoms with Gasteiger partial charge in [-0.15, -0.1) is 0 Å². The van der Waals surface area contributed by atoms with Crippen LogP contribution in [0.2, 0.25) is 5.02 Å². The summed E-state index contributed by atoms with van der Waals surface area (Å²) < 4.78 is 0. The highest BCUT2D eigenvalue weighted by Gasteiger charge is 2.08. The highest BCUT2D eigenvalue weighted by atomic mass is 35.5. The van der Waals surface area contributed by atoms with Crippen LogP contribution in [0, 0.1) is 12.8 Å². The summed E-state index contributed by atoms with van der Waals surface area (Å²) in [6, 6.07) is 6.37. The summed E-state index contributed by atoms with van der Waals surface area (Å²) in [4.78, 5) is 0. The molecule has 1 rings (SSSR count). The highest BCUT2D eigenvalue weighted by molar-refractivity contribution is 6.32. The average molecular weight is 253 g/mol. The Morgan fingerprint density at radius 3 is 2.59 bits per heavy atom. The van der Waals surface area contributed by atoms with E-state index >= 15 is 0 Å². The monoisotopic (exact) mass is 252 g/mol. The summed E-state index contributed by atoms with van der Waals surface area (Å²) in [6.07, 6.45) is 7.74. The molecule has 0 amide bonds. The number of hydrogen-bond donors (Lipinski definition) is 0. The van der Waals surface area contributed by atoms with Crippen molar-refractivity contribution in [3.05, 3.63) is 34.3 Å². The van der Waals surface area contributed by atoms with Crippen LogP contribution in [-0.4, -0.2) is 0 Å². The van der Waals surface area contributed by atoms with Crippen molar-refractivity contribution >= 4 is 11.6 Å². The zero-order valence-electron chi connectivity index (χ0n) is 11.4. The van der Waals surface area contributed by atoms with Crippen LogP contribution in [0.15, 0.2) is 18.2 Å². The van der Waals surface area contributed by atoms with E-state index in [1.165, 1.54) is 43.2 Å². The molecule has 0 fully saturated rings. The molecule has 1 aromatic carbocycles. The minimum atomic E-state index is 0.867. The predicted octanol–water partition coefficient (Wildman–Crippen LogP) is 5.80. The third kappa shape index (κ3) is 4.71. The van der Waals surface area contributed by atoms with Gasteiger partial charge < -0.3 is 0 Å². The molecule has 0 heterocycles. The van der Waals surface area contributed by atoms with Gasteiger partial charge in [0.05, 0.1) is 0 Å². The number of rotatable bonds is 7. The molecule has 17 heavy (non-hydrogen) atoms. The Kier molecular flexibility index (Phi) is 6.65. The Balaban J connectivity index is 2.50. The standard InChI is InChI=1S/C16H25Cl/c1-4-6-9-14(5-2)11-12-15-10-7-8-13(3)16(15)17/h7-8,10,14H,4-6,9,11-12H2,1-3H3. The minimum absolute atomic E-state index is 0.867. The number of hydrogen-bond acceptors (Lipinski definition) is 0. The Labute approximate surface area is 111 Å². The molecule has 1 aromatic rings. The molecule has 0 radical (unpaired) electrons. The Bertz CT molecular complexity index is 330. The molecule has 96 valence electrons. The lowest BCUT2D eigenvalue weighted by Crippen LogP contribution is -2.01. The summed E-state index contributed by atoms with van der Waals surface area (Å²) in [5, 5.41) is 0.970. The van der Waals surface area contributed by atoms with Crippen LogP contribution in [0.1, 0.15) is 57.1 Å². The highest BCUT2D eigenvalue weighted by Crippen LogP contribution is 2.25. The molecule has 0 N–H and O–H groups in total. The molecule has 1 heteroatoms. The van der Waals surface area contributed by atoms with Crippen molar-refractivity contribution < 1.29 is 0 Å². The Hall–Kier alpha value is -0.490. The normalized spacial score (nSPS) is 12.7. The molecule has 1 unspecified atom stereocenters. The van der Waals surface area contributed by atoms with E-state index in [-0.39, 0.29) is 0 Å². The van der Waals surface area contributed by atoms with Gasteiger partial charge in [0.25, 0.3) is 0 Å². The van der Waals surface area contributed by atoms with Gasteiger partial charge >= 0.3 is 0 Å². The van der Waals surface area contributed by atoms with Gasteiger partial charge in [-0.1, -0.05) is 69.3 Å². The van der Waals surface area contributed by atoms with Crippen molar-refractivity contribution in [3.8, 4) is 0 Å². The zero-order valence-corrected chi connectivity index (χ0v) is 12.2. The molecular formula is C16H25Cl. The number of aryl methyl sites for hydroxylation is 2. The minimum Gasteiger partial charge on any atom is -0.0838 e. The Morgan fingerprint density at radius 1 is 1.18 bits per heavy atom. The summed E-state index contributed by atoms with van der Waals surface area (Å²) in [5.74, 6) is 0.867. The fourth-order valence-electron chi connectivity index (χ4n) is 2.31. The van der Waals surface area contributed by atoms with Crippen molar-refractivity contribution in [2.24, 2.45) is 5.92 Å². The first-order valence-corrected chi connectivity index (χ1v) is 7.30. The van der Waals surface area contributed by atoms with Gasteiger partial charge in [0.1, 0.15) is 0 Å². The molecule has 0 saturated carbocycles. The molecular weight excluding hydrogens is 228 g/mol. The molecule has 0 aliphatic rings. The summed E-state index contributed by atoms with van der Waals surface area (Å²) in [6.45, 7) is 6.66. The zero-order chi connectivity index (χ0) is 12.7. The van der Waals surface area contributed by atoms with Crippen molar-refractivity contribution in [3.63, 3.8) is 0 Å². The topological polar surface area (TPSA) is 0 Å². The quantitative estimate of drug-likeness (QED) is 0.576. The maximum Gasteiger partial charge on any atom is 0.0467 e. The Morgan fingerprint density at radius 2 is 1.94 bits per heavy atom. The number of halogens is 1. The fourth-order valence-corrected chi connectivity index (χ4v) is 2.53. The first-order valence-electron chi connectivity index (χ1n) is 6.93. The van der Waals surface area contributed by atoms with E-state index in [0.717, 1.165) is 17.4 Å². The second kappa shape index (κ2) is 7.76. The van der Waals surface area contributed by atoms with Gasteiger partial charge in [-0.2, -0.15) is 0 Å². The van der Waals surface area contributed by atoms with Crippen LogP contribution in [0.3, 0.4) is 0 Å². The summed E-state index contributed by atoms with van der Waals surface area (Å²) in [5.41, 5.74) is 2.52. The van der Waals surface area contributed by atoms with E-state index in [9.17, 15) is 0 Å². The van der Waals surface area contributed by atoms with Crippen LogP contribution < -0.4 is 0 Å². The molecule has 0 bridgehead atoms. The molecule has 0 saturated heterocycles. The lowest BCUT2D eigenvalue weighted by Gasteiger charge is -2.15. The van der Waals surface area contributed by atoms with E-state index in [0.29, 0.717) is 0 Å². The van der Waals surface area contributed by atoms with Gasteiger partial charge in [-0.25, -0.2) is 0 Å². The van der Waals surface area contributed by atoms with Crippen LogP contribution in [0.25, 0.3) is 0 Å². The van der Waals surface area contributed by atoms with Gasteiger partial charge in [0.15, 0.2) is 0 Å². The second-order valence-electron chi connectivity index (χ2n) is 5.00. The second-order valence-corrected chi connectivity index (χ2v) is 5.38. The van der Waals surface area contributed by atoms with Crippen molar-refractivity contribution in [2.45, 2.75) is 59.3 Å². The first kappa shape index (κ1) is 14.6. The molecule has 0 nitrogen and oxygen atoms in total. The number of benzene rings is 1.